The van der Waals surface area contributed by atoms with Gasteiger partial charge in [0.2, 0.25) is 0 Å². The lowest BCUT2D eigenvalue weighted by Gasteiger charge is -2.14. The van der Waals surface area contributed by atoms with Crippen LogP contribution in [0.5, 0.6) is 0 Å². The van der Waals surface area contributed by atoms with Gasteiger partial charge in [-0.15, -0.1) is 0 Å². The van der Waals surface area contributed by atoms with Gasteiger partial charge in [0.1, 0.15) is 6.04 Å². The van der Waals surface area contributed by atoms with Crippen LogP contribution in [0.3, 0.4) is 0 Å². The summed E-state index contributed by atoms with van der Waals surface area (Å²) < 4.78 is 0. The van der Waals surface area contributed by atoms with E-state index in [0.29, 0.717) is 6.42 Å². The Hall–Kier alpha value is -1.10. The Labute approximate surface area is 76.7 Å². The molecule has 0 bridgehead atoms. The summed E-state index contributed by atoms with van der Waals surface area (Å²) in [4.78, 5) is 23.6. The van der Waals surface area contributed by atoms with Gasteiger partial charge in [-0.2, -0.15) is 0 Å². The van der Waals surface area contributed by atoms with E-state index < -0.39 is 18.2 Å². The fourth-order valence-electron chi connectivity index (χ4n) is 1.29. The van der Waals surface area contributed by atoms with Crippen LogP contribution in [-0.4, -0.2) is 40.6 Å². The minimum Gasteiger partial charge on any atom is -0.392 e. The van der Waals surface area contributed by atoms with Crippen LogP contribution < -0.4 is 5.32 Å². The molecule has 0 aromatic rings. The molecule has 0 aliphatic carbocycles. The van der Waals surface area contributed by atoms with Crippen LogP contribution in [0, 0.1) is 0 Å². The Bertz CT molecular complexity index is 227. The van der Waals surface area contributed by atoms with Crippen LogP contribution in [0.2, 0.25) is 0 Å². The van der Waals surface area contributed by atoms with E-state index in [2.05, 4.69) is 5.32 Å². The average Bonchev–Trinajstić information content (AvgIpc) is 2.31. The van der Waals surface area contributed by atoms with Crippen molar-refractivity contribution < 1.29 is 14.7 Å². The topological polar surface area (TPSA) is 69.6 Å². The molecule has 5 heteroatoms. The van der Waals surface area contributed by atoms with Crippen molar-refractivity contribution in [1.82, 2.24) is 10.2 Å². The predicted molar refractivity (Wildman–Crippen MR) is 46.0 cm³/mol. The molecule has 1 rings (SSSR count). The number of aliphatic hydroxyl groups is 1. The number of nitrogens with one attached hydrogen (secondary N) is 1. The lowest BCUT2D eigenvalue weighted by molar-refractivity contribution is -0.128. The van der Waals surface area contributed by atoms with E-state index in [1.165, 1.54) is 0 Å². The number of imide groups is 1. The van der Waals surface area contributed by atoms with Crippen molar-refractivity contribution in [3.63, 3.8) is 0 Å². The molecule has 1 aliphatic heterocycles. The lowest BCUT2D eigenvalue weighted by Crippen LogP contribution is -2.36. The van der Waals surface area contributed by atoms with Crippen LogP contribution in [0.4, 0.5) is 4.79 Å². The van der Waals surface area contributed by atoms with E-state index in [9.17, 15) is 9.59 Å². The maximum Gasteiger partial charge on any atom is 0.324 e. The fourth-order valence-corrected chi connectivity index (χ4v) is 1.29. The normalized spacial score (nSPS) is 24.8. The van der Waals surface area contributed by atoms with E-state index in [-0.39, 0.29) is 12.5 Å². The van der Waals surface area contributed by atoms with Crippen LogP contribution in [-0.2, 0) is 4.79 Å². The lowest BCUT2D eigenvalue weighted by atomic mass is 10.2. The molecule has 0 spiro atoms. The summed E-state index contributed by atoms with van der Waals surface area (Å²) in [6.07, 6.45) is -0.0914. The molecule has 0 aromatic carbocycles. The number of nitrogens with zero attached hydrogens (tertiary/aromatic N) is 1. The molecule has 5 nitrogen and oxygen atoms in total. The number of aliphatic hydroxyl groups excluding tert-OH is 1. The zero-order valence-corrected chi connectivity index (χ0v) is 7.78. The molecule has 13 heavy (non-hydrogen) atoms. The van der Waals surface area contributed by atoms with Gasteiger partial charge in [0, 0.05) is 0 Å². The minimum absolute atomic E-state index is 0.0706. The number of urea groups is 1. The molecule has 3 amide bonds. The third kappa shape index (κ3) is 1.98. The molecule has 2 N–H and O–H groups in total. The van der Waals surface area contributed by atoms with Crippen molar-refractivity contribution in [3.8, 4) is 0 Å². The number of amides is 3. The van der Waals surface area contributed by atoms with Crippen LogP contribution >= 0.6 is 0 Å². The molecule has 0 unspecified atom stereocenters. The summed E-state index contributed by atoms with van der Waals surface area (Å²) in [6.45, 7) is 3.44. The molecular formula is C8H14N2O3. The number of rotatable bonds is 3. The van der Waals surface area contributed by atoms with Gasteiger partial charge in [0.25, 0.3) is 5.91 Å². The van der Waals surface area contributed by atoms with Crippen LogP contribution in [0.15, 0.2) is 0 Å². The molecule has 1 saturated heterocycles. The Morgan fingerprint density at radius 3 is 2.62 bits per heavy atom. The number of hydrogen-bond donors (Lipinski definition) is 2. The molecular weight excluding hydrogens is 172 g/mol. The van der Waals surface area contributed by atoms with E-state index >= 15 is 0 Å². The highest BCUT2D eigenvalue weighted by molar-refractivity contribution is 6.04. The summed E-state index contributed by atoms with van der Waals surface area (Å²) in [6, 6.07) is -0.816. The standard InChI is InChI=1S/C8H14N2O3/c1-3-6-7(12)10(4-5(2)11)8(13)9-6/h5-6,11H,3-4H2,1-2H3,(H,9,13)/t5-,6+/m1/s1. The van der Waals surface area contributed by atoms with E-state index in [4.69, 9.17) is 5.11 Å². The third-order valence-electron chi connectivity index (χ3n) is 1.96. The zero-order chi connectivity index (χ0) is 10.0. The van der Waals surface area contributed by atoms with Crippen molar-refractivity contribution in [2.75, 3.05) is 6.54 Å². The predicted octanol–water partition coefficient (Wildman–Crippen LogP) is -0.302. The maximum atomic E-state index is 11.4. The van der Waals surface area contributed by atoms with Gasteiger partial charge in [0.05, 0.1) is 12.6 Å². The minimum atomic E-state index is -0.676. The third-order valence-corrected chi connectivity index (χ3v) is 1.96. The highest BCUT2D eigenvalue weighted by Gasteiger charge is 2.36. The molecule has 1 heterocycles. The number of carbonyl (C=O) groups is 2. The van der Waals surface area contributed by atoms with Gasteiger partial charge in [0.15, 0.2) is 0 Å². The summed E-state index contributed by atoms with van der Waals surface area (Å²) in [5.41, 5.74) is 0. The van der Waals surface area contributed by atoms with Gasteiger partial charge in [-0.1, -0.05) is 6.92 Å². The van der Waals surface area contributed by atoms with Crippen molar-refractivity contribution in [2.24, 2.45) is 0 Å². The Kier molecular flexibility index (Phi) is 2.87. The van der Waals surface area contributed by atoms with Crippen LogP contribution in [0.1, 0.15) is 20.3 Å². The van der Waals surface area contributed by atoms with Crippen molar-refractivity contribution >= 4 is 11.9 Å². The Morgan fingerprint density at radius 1 is 1.62 bits per heavy atom. The summed E-state index contributed by atoms with van der Waals surface area (Å²) in [5, 5.41) is 11.6. The smallest absolute Gasteiger partial charge is 0.324 e. The first-order valence-corrected chi connectivity index (χ1v) is 4.36. The number of hydrogen-bond acceptors (Lipinski definition) is 3. The number of carbonyl (C=O) groups excluding carboxylic acids is 2. The molecule has 74 valence electrons. The SMILES string of the molecule is CC[C@@H]1NC(=O)N(C[C@@H](C)O)C1=O. The summed E-state index contributed by atoms with van der Waals surface area (Å²) in [5.74, 6) is -0.242. The maximum absolute atomic E-state index is 11.4. The number of β-amino-alcohol motifs (C(OH)–C–C–N with tert-alkyl or cyclic N) is 1. The first kappa shape index (κ1) is 9.98. The highest BCUT2D eigenvalue weighted by Crippen LogP contribution is 2.09. The van der Waals surface area contributed by atoms with Crippen molar-refractivity contribution in [2.45, 2.75) is 32.4 Å². The van der Waals surface area contributed by atoms with Gasteiger partial charge in [-0.05, 0) is 13.3 Å². The highest BCUT2D eigenvalue weighted by atomic mass is 16.3. The molecule has 2 atom stereocenters. The van der Waals surface area contributed by atoms with Crippen LogP contribution in [0.25, 0.3) is 0 Å². The molecule has 0 saturated carbocycles. The van der Waals surface area contributed by atoms with Gasteiger partial charge >= 0.3 is 6.03 Å². The monoisotopic (exact) mass is 186 g/mol. The van der Waals surface area contributed by atoms with Gasteiger partial charge in [-0.3, -0.25) is 9.69 Å². The molecule has 0 radical (unpaired) electrons. The van der Waals surface area contributed by atoms with Gasteiger partial charge in [-0.25, -0.2) is 4.79 Å². The van der Waals surface area contributed by atoms with Gasteiger partial charge < -0.3 is 10.4 Å². The summed E-state index contributed by atoms with van der Waals surface area (Å²) in [7, 11) is 0. The quantitative estimate of drug-likeness (QED) is 0.594. The zero-order valence-electron chi connectivity index (χ0n) is 7.78. The second-order valence-corrected chi connectivity index (χ2v) is 3.21. The Balaban J connectivity index is 2.65. The molecule has 1 fully saturated rings. The second-order valence-electron chi connectivity index (χ2n) is 3.21. The van der Waals surface area contributed by atoms with Crippen molar-refractivity contribution in [1.29, 1.82) is 0 Å². The van der Waals surface area contributed by atoms with E-state index in [1.807, 2.05) is 6.92 Å². The largest absolute Gasteiger partial charge is 0.392 e. The van der Waals surface area contributed by atoms with Crippen molar-refractivity contribution in [3.05, 3.63) is 0 Å². The first-order chi connectivity index (χ1) is 6.06. The summed E-state index contributed by atoms with van der Waals surface area (Å²) >= 11 is 0. The Morgan fingerprint density at radius 2 is 2.23 bits per heavy atom. The van der Waals surface area contributed by atoms with E-state index in [1.54, 1.807) is 6.92 Å². The first-order valence-electron chi connectivity index (χ1n) is 4.36. The fraction of sp³-hybridized carbons (Fsp3) is 0.750. The average molecular weight is 186 g/mol. The molecule has 1 aliphatic rings. The van der Waals surface area contributed by atoms with E-state index in [0.717, 1.165) is 4.90 Å². The molecule has 0 aromatic heterocycles. The second kappa shape index (κ2) is 3.74.